The number of nitrogens with zero attached hydrogens (tertiary/aromatic N) is 1. The first-order valence-corrected chi connectivity index (χ1v) is 4.90. The molecule has 3 nitrogen and oxygen atoms in total. The van der Waals surface area contributed by atoms with Crippen LogP contribution >= 0.6 is 0 Å². The lowest BCUT2D eigenvalue weighted by Crippen LogP contribution is -2.36. The van der Waals surface area contributed by atoms with Crippen molar-refractivity contribution in [2.75, 3.05) is 26.7 Å². The number of carbonyl (C=O) groups is 1. The van der Waals surface area contributed by atoms with E-state index in [1.54, 1.807) is 0 Å². The van der Waals surface area contributed by atoms with Gasteiger partial charge in [0.1, 0.15) is 0 Å². The van der Waals surface area contributed by atoms with Crippen LogP contribution in [0.25, 0.3) is 0 Å². The second-order valence-electron chi connectivity index (χ2n) is 3.86. The van der Waals surface area contributed by atoms with Gasteiger partial charge in [-0.25, -0.2) is 0 Å². The Morgan fingerprint density at radius 2 is 2.20 bits per heavy atom. The molecule has 6 heteroatoms. The Labute approximate surface area is 86.6 Å². The summed E-state index contributed by atoms with van der Waals surface area (Å²) in [6.45, 7) is 0.00329. The third kappa shape index (κ3) is 4.61. The minimum atomic E-state index is -4.16. The Bertz CT molecular complexity index is 230. The first-order chi connectivity index (χ1) is 6.88. The Kier molecular flexibility index (Phi) is 4.10. The third-order valence-electron chi connectivity index (χ3n) is 2.40. The van der Waals surface area contributed by atoms with Crippen LogP contribution in [-0.2, 0) is 4.79 Å². The predicted octanol–water partition coefficient (Wildman–Crippen LogP) is 0.802. The van der Waals surface area contributed by atoms with E-state index in [4.69, 9.17) is 0 Å². The minimum Gasteiger partial charge on any atom is -0.307 e. The molecule has 1 saturated heterocycles. The van der Waals surface area contributed by atoms with Crippen molar-refractivity contribution in [3.05, 3.63) is 0 Å². The van der Waals surface area contributed by atoms with Crippen molar-refractivity contribution in [1.82, 2.24) is 10.2 Å². The molecule has 1 N–H and O–H groups in total. The molecule has 1 unspecified atom stereocenters. The van der Waals surface area contributed by atoms with Gasteiger partial charge in [-0.05, 0) is 13.5 Å². The Morgan fingerprint density at radius 3 is 2.67 bits per heavy atom. The number of halogens is 3. The highest BCUT2D eigenvalue weighted by atomic mass is 19.4. The van der Waals surface area contributed by atoms with E-state index in [1.165, 1.54) is 11.9 Å². The molecule has 0 aromatic rings. The van der Waals surface area contributed by atoms with E-state index in [1.807, 2.05) is 0 Å². The number of hydrogen-bond donors (Lipinski definition) is 1. The lowest BCUT2D eigenvalue weighted by atomic mass is 10.1. The molecule has 1 heterocycles. The highest BCUT2D eigenvalue weighted by Gasteiger charge is 2.30. The standard InChI is InChI=1S/C9H15F3N2O/c1-14(6-9(10,11)12)5-3-7-8(15)2-4-13-7/h7,13H,2-6H2,1H3. The molecule has 0 radical (unpaired) electrons. The minimum absolute atomic E-state index is 0.107. The summed E-state index contributed by atoms with van der Waals surface area (Å²) >= 11 is 0. The average Bonchev–Trinajstić information content (AvgIpc) is 2.44. The molecule has 0 amide bonds. The summed E-state index contributed by atoms with van der Waals surface area (Å²) in [5, 5.41) is 2.97. The maximum Gasteiger partial charge on any atom is 0.401 e. The van der Waals surface area contributed by atoms with Crippen molar-refractivity contribution in [2.24, 2.45) is 0 Å². The molecule has 1 fully saturated rings. The average molecular weight is 224 g/mol. The maximum atomic E-state index is 12.0. The first kappa shape index (κ1) is 12.4. The van der Waals surface area contributed by atoms with E-state index in [2.05, 4.69) is 5.32 Å². The van der Waals surface area contributed by atoms with Crippen molar-refractivity contribution < 1.29 is 18.0 Å². The second kappa shape index (κ2) is 4.94. The van der Waals surface area contributed by atoms with Gasteiger partial charge >= 0.3 is 6.18 Å². The summed E-state index contributed by atoms with van der Waals surface area (Å²) in [7, 11) is 1.41. The van der Waals surface area contributed by atoms with Gasteiger partial charge < -0.3 is 5.32 Å². The molecular formula is C9H15F3N2O. The topological polar surface area (TPSA) is 32.3 Å². The fraction of sp³-hybridized carbons (Fsp3) is 0.889. The van der Waals surface area contributed by atoms with Gasteiger partial charge in [0.15, 0.2) is 5.78 Å². The smallest absolute Gasteiger partial charge is 0.307 e. The summed E-state index contributed by atoms with van der Waals surface area (Å²) in [6, 6.07) is -0.249. The van der Waals surface area contributed by atoms with E-state index in [0.29, 0.717) is 19.4 Å². The zero-order valence-corrected chi connectivity index (χ0v) is 8.60. The van der Waals surface area contributed by atoms with Crippen LogP contribution in [0.1, 0.15) is 12.8 Å². The van der Waals surface area contributed by atoms with Gasteiger partial charge in [0.05, 0.1) is 12.6 Å². The van der Waals surface area contributed by atoms with E-state index in [-0.39, 0.29) is 18.4 Å². The van der Waals surface area contributed by atoms with Gasteiger partial charge in [-0.1, -0.05) is 0 Å². The molecule has 0 bridgehead atoms. The largest absolute Gasteiger partial charge is 0.401 e. The molecule has 1 rings (SSSR count). The lowest BCUT2D eigenvalue weighted by Gasteiger charge is -2.19. The maximum absolute atomic E-state index is 12.0. The van der Waals surface area contributed by atoms with Crippen LogP contribution < -0.4 is 5.32 Å². The molecule has 1 aliphatic rings. The molecule has 0 aromatic heterocycles. The van der Waals surface area contributed by atoms with Crippen LogP contribution in [0.5, 0.6) is 0 Å². The molecule has 0 spiro atoms. The molecule has 88 valence electrons. The quantitative estimate of drug-likeness (QED) is 0.766. The zero-order chi connectivity index (χ0) is 11.5. The van der Waals surface area contributed by atoms with Gasteiger partial charge in [-0.3, -0.25) is 9.69 Å². The summed E-state index contributed by atoms with van der Waals surface area (Å²) < 4.78 is 35.9. The summed E-state index contributed by atoms with van der Waals surface area (Å²) in [6.07, 6.45) is -3.22. The van der Waals surface area contributed by atoms with Gasteiger partial charge in [-0.15, -0.1) is 0 Å². The van der Waals surface area contributed by atoms with Crippen LogP contribution in [0.4, 0.5) is 13.2 Å². The summed E-state index contributed by atoms with van der Waals surface area (Å²) in [4.78, 5) is 12.4. The molecule has 0 aromatic carbocycles. The number of ketones is 1. The fourth-order valence-electron chi connectivity index (χ4n) is 1.66. The zero-order valence-electron chi connectivity index (χ0n) is 8.60. The molecule has 1 aliphatic heterocycles. The fourth-order valence-corrected chi connectivity index (χ4v) is 1.66. The van der Waals surface area contributed by atoms with Crippen LogP contribution in [0.2, 0.25) is 0 Å². The van der Waals surface area contributed by atoms with Gasteiger partial charge in [0.25, 0.3) is 0 Å². The highest BCUT2D eigenvalue weighted by molar-refractivity contribution is 5.86. The van der Waals surface area contributed by atoms with Crippen LogP contribution in [0.15, 0.2) is 0 Å². The predicted molar refractivity (Wildman–Crippen MR) is 49.6 cm³/mol. The van der Waals surface area contributed by atoms with Crippen molar-refractivity contribution in [3.63, 3.8) is 0 Å². The van der Waals surface area contributed by atoms with Crippen molar-refractivity contribution in [3.8, 4) is 0 Å². The second-order valence-corrected chi connectivity index (χ2v) is 3.86. The van der Waals surface area contributed by atoms with Gasteiger partial charge in [0, 0.05) is 19.5 Å². The molecular weight excluding hydrogens is 209 g/mol. The SMILES string of the molecule is CN(CCC1NCCC1=O)CC(F)(F)F. The number of Topliss-reactive ketones (excluding diaryl/α,β-unsaturated/α-hetero) is 1. The number of alkyl halides is 3. The van der Waals surface area contributed by atoms with Crippen molar-refractivity contribution >= 4 is 5.78 Å². The van der Waals surface area contributed by atoms with Gasteiger partial charge in [0.2, 0.25) is 0 Å². The number of rotatable bonds is 4. The number of nitrogens with one attached hydrogen (secondary N) is 1. The van der Waals surface area contributed by atoms with Crippen LogP contribution in [-0.4, -0.2) is 49.6 Å². The molecule has 0 saturated carbocycles. The molecule has 15 heavy (non-hydrogen) atoms. The van der Waals surface area contributed by atoms with Gasteiger partial charge in [-0.2, -0.15) is 13.2 Å². The Morgan fingerprint density at radius 1 is 1.53 bits per heavy atom. The first-order valence-electron chi connectivity index (χ1n) is 4.90. The van der Waals surface area contributed by atoms with E-state index in [9.17, 15) is 18.0 Å². The monoisotopic (exact) mass is 224 g/mol. The molecule has 0 aliphatic carbocycles. The van der Waals surface area contributed by atoms with E-state index < -0.39 is 12.7 Å². The van der Waals surface area contributed by atoms with Crippen molar-refractivity contribution in [1.29, 1.82) is 0 Å². The summed E-state index contributed by atoms with van der Waals surface area (Å²) in [5.74, 6) is 0.107. The van der Waals surface area contributed by atoms with Crippen LogP contribution in [0, 0.1) is 0 Å². The number of hydrogen-bond acceptors (Lipinski definition) is 3. The van der Waals surface area contributed by atoms with Crippen molar-refractivity contribution in [2.45, 2.75) is 25.1 Å². The highest BCUT2D eigenvalue weighted by Crippen LogP contribution is 2.16. The van der Waals surface area contributed by atoms with E-state index >= 15 is 0 Å². The van der Waals surface area contributed by atoms with Crippen LogP contribution in [0.3, 0.4) is 0 Å². The Balaban J connectivity index is 2.22. The van der Waals surface area contributed by atoms with E-state index in [0.717, 1.165) is 0 Å². The summed E-state index contributed by atoms with van der Waals surface area (Å²) in [5.41, 5.74) is 0. The number of carbonyl (C=O) groups excluding carboxylic acids is 1. The third-order valence-corrected chi connectivity index (χ3v) is 2.40. The normalized spacial score (nSPS) is 22.7. The Hall–Kier alpha value is -0.620. The molecule has 1 atom stereocenters. The lowest BCUT2D eigenvalue weighted by molar-refractivity contribution is -0.143.